The summed E-state index contributed by atoms with van der Waals surface area (Å²) in [7, 11) is 0. The van der Waals surface area contributed by atoms with Crippen molar-refractivity contribution < 1.29 is 5.21 Å². The lowest BCUT2D eigenvalue weighted by atomic mass is 10.1. The molecule has 2 aliphatic rings. The fraction of sp³-hybridized carbons (Fsp3) is 1.00. The maximum atomic E-state index is 9.05. The van der Waals surface area contributed by atoms with Crippen molar-refractivity contribution in [3.05, 3.63) is 0 Å². The van der Waals surface area contributed by atoms with Gasteiger partial charge in [0.15, 0.2) is 0 Å². The summed E-state index contributed by atoms with van der Waals surface area (Å²) in [6.07, 6.45) is 3.82. The van der Waals surface area contributed by atoms with Crippen LogP contribution in [0.1, 0.15) is 19.3 Å². The first-order chi connectivity index (χ1) is 3.86. The van der Waals surface area contributed by atoms with Gasteiger partial charge in [-0.05, 0) is 25.2 Å². The third-order valence-corrected chi connectivity index (χ3v) is 2.38. The van der Waals surface area contributed by atoms with Gasteiger partial charge in [-0.2, -0.15) is 5.06 Å². The van der Waals surface area contributed by atoms with Gasteiger partial charge in [0.2, 0.25) is 0 Å². The van der Waals surface area contributed by atoms with E-state index in [1.54, 1.807) is 0 Å². The van der Waals surface area contributed by atoms with Crippen molar-refractivity contribution in [2.24, 2.45) is 5.92 Å². The van der Waals surface area contributed by atoms with Crippen LogP contribution in [-0.2, 0) is 0 Å². The molecule has 0 aromatic carbocycles. The van der Waals surface area contributed by atoms with E-state index in [2.05, 4.69) is 0 Å². The minimum atomic E-state index is 0.528. The molecule has 1 aliphatic heterocycles. The molecule has 1 heterocycles. The van der Waals surface area contributed by atoms with Gasteiger partial charge >= 0.3 is 0 Å². The topological polar surface area (TPSA) is 23.5 Å². The molecule has 0 aromatic rings. The van der Waals surface area contributed by atoms with Crippen LogP contribution in [0.25, 0.3) is 0 Å². The van der Waals surface area contributed by atoms with Gasteiger partial charge in [0, 0.05) is 12.6 Å². The highest BCUT2D eigenvalue weighted by Crippen LogP contribution is 2.35. The molecule has 1 saturated carbocycles. The monoisotopic (exact) mass is 113 g/mol. The summed E-state index contributed by atoms with van der Waals surface area (Å²) in [6.45, 7) is 0.935. The molecule has 2 rings (SSSR count). The molecule has 0 amide bonds. The minimum absolute atomic E-state index is 0.528. The van der Waals surface area contributed by atoms with Crippen molar-refractivity contribution in [3.8, 4) is 0 Å². The number of nitrogens with zero attached hydrogens (tertiary/aromatic N) is 1. The Morgan fingerprint density at radius 3 is 2.50 bits per heavy atom. The second-order valence-corrected chi connectivity index (χ2v) is 2.95. The van der Waals surface area contributed by atoms with E-state index >= 15 is 0 Å². The Bertz CT molecular complexity index is 103. The molecule has 8 heavy (non-hydrogen) atoms. The van der Waals surface area contributed by atoms with Crippen molar-refractivity contribution in [2.75, 3.05) is 6.54 Å². The third-order valence-electron chi connectivity index (χ3n) is 2.38. The van der Waals surface area contributed by atoms with E-state index in [1.807, 2.05) is 0 Å². The highest BCUT2D eigenvalue weighted by atomic mass is 16.5. The lowest BCUT2D eigenvalue weighted by Crippen LogP contribution is -2.27. The molecule has 1 saturated heterocycles. The fourth-order valence-corrected chi connectivity index (χ4v) is 1.90. The van der Waals surface area contributed by atoms with Crippen LogP contribution in [0.2, 0.25) is 0 Å². The summed E-state index contributed by atoms with van der Waals surface area (Å²) in [5.41, 5.74) is 0. The SMILES string of the molecule is ON1CC2CCC1C2. The van der Waals surface area contributed by atoms with Crippen LogP contribution >= 0.6 is 0 Å². The number of hydrogen-bond acceptors (Lipinski definition) is 2. The lowest BCUT2D eigenvalue weighted by Gasteiger charge is -2.18. The minimum Gasteiger partial charge on any atom is -0.314 e. The summed E-state index contributed by atoms with van der Waals surface area (Å²) < 4.78 is 0. The zero-order valence-electron chi connectivity index (χ0n) is 4.88. The second kappa shape index (κ2) is 1.45. The van der Waals surface area contributed by atoms with E-state index in [9.17, 15) is 0 Å². The van der Waals surface area contributed by atoms with Gasteiger partial charge in [-0.1, -0.05) is 0 Å². The van der Waals surface area contributed by atoms with E-state index in [0.717, 1.165) is 12.5 Å². The first-order valence-corrected chi connectivity index (χ1v) is 3.32. The lowest BCUT2D eigenvalue weighted by molar-refractivity contribution is -0.114. The molecular formula is C6H11NO. The molecule has 0 aromatic heterocycles. The number of fused-ring (bicyclic) bond motifs is 2. The predicted molar refractivity (Wildman–Crippen MR) is 29.6 cm³/mol. The summed E-state index contributed by atoms with van der Waals surface area (Å²) in [4.78, 5) is 0. The molecule has 0 radical (unpaired) electrons. The molecule has 46 valence electrons. The number of hydrogen-bond donors (Lipinski definition) is 1. The van der Waals surface area contributed by atoms with E-state index in [1.165, 1.54) is 24.3 Å². The van der Waals surface area contributed by atoms with Crippen LogP contribution in [0, 0.1) is 5.92 Å². The Kier molecular flexibility index (Phi) is 0.866. The first-order valence-electron chi connectivity index (χ1n) is 3.32. The summed E-state index contributed by atoms with van der Waals surface area (Å²) in [6, 6.07) is 0.528. The first kappa shape index (κ1) is 4.77. The smallest absolute Gasteiger partial charge is 0.0353 e. The summed E-state index contributed by atoms with van der Waals surface area (Å²) >= 11 is 0. The molecule has 2 atom stereocenters. The average molecular weight is 113 g/mol. The highest BCUT2D eigenvalue weighted by molar-refractivity contribution is 4.87. The largest absolute Gasteiger partial charge is 0.314 e. The average Bonchev–Trinajstić information content (AvgIpc) is 2.23. The van der Waals surface area contributed by atoms with Gasteiger partial charge in [-0.3, -0.25) is 0 Å². The number of hydroxylamine groups is 2. The van der Waals surface area contributed by atoms with Crippen LogP contribution < -0.4 is 0 Å². The van der Waals surface area contributed by atoms with Crippen molar-refractivity contribution in [3.63, 3.8) is 0 Å². The zero-order chi connectivity index (χ0) is 5.56. The maximum Gasteiger partial charge on any atom is 0.0353 e. The Balaban J connectivity index is 2.11. The molecular weight excluding hydrogens is 102 g/mol. The standard InChI is InChI=1S/C6H11NO/c8-7-4-5-1-2-6(7)3-5/h5-6,8H,1-4H2. The number of rotatable bonds is 0. The quantitative estimate of drug-likeness (QED) is 0.503. The maximum absolute atomic E-state index is 9.05. The Labute approximate surface area is 49.1 Å². The Morgan fingerprint density at radius 2 is 2.25 bits per heavy atom. The molecule has 2 bridgehead atoms. The molecule has 2 heteroatoms. The van der Waals surface area contributed by atoms with Crippen LogP contribution in [0.4, 0.5) is 0 Å². The van der Waals surface area contributed by atoms with Gasteiger partial charge in [0.25, 0.3) is 0 Å². The summed E-state index contributed by atoms with van der Waals surface area (Å²) in [5.74, 6) is 0.824. The van der Waals surface area contributed by atoms with E-state index in [-0.39, 0.29) is 0 Å². The fourth-order valence-electron chi connectivity index (χ4n) is 1.90. The van der Waals surface area contributed by atoms with Gasteiger partial charge in [0.05, 0.1) is 0 Å². The highest BCUT2D eigenvalue weighted by Gasteiger charge is 2.36. The van der Waals surface area contributed by atoms with Crippen molar-refractivity contribution in [2.45, 2.75) is 25.3 Å². The summed E-state index contributed by atoms with van der Waals surface area (Å²) in [5, 5.41) is 10.6. The van der Waals surface area contributed by atoms with Gasteiger partial charge in [-0.15, -0.1) is 0 Å². The van der Waals surface area contributed by atoms with E-state index < -0.39 is 0 Å². The molecule has 1 N–H and O–H groups in total. The van der Waals surface area contributed by atoms with Gasteiger partial charge < -0.3 is 5.21 Å². The van der Waals surface area contributed by atoms with Crippen molar-refractivity contribution in [1.82, 2.24) is 5.06 Å². The molecule has 1 aliphatic carbocycles. The second-order valence-electron chi connectivity index (χ2n) is 2.95. The molecule has 2 fully saturated rings. The number of piperidine rings is 1. The van der Waals surface area contributed by atoms with Gasteiger partial charge in [0.1, 0.15) is 0 Å². The van der Waals surface area contributed by atoms with Gasteiger partial charge in [-0.25, -0.2) is 0 Å². The van der Waals surface area contributed by atoms with Crippen molar-refractivity contribution >= 4 is 0 Å². The van der Waals surface area contributed by atoms with Crippen LogP contribution in [0.5, 0.6) is 0 Å². The third kappa shape index (κ3) is 0.501. The van der Waals surface area contributed by atoms with E-state index in [0.29, 0.717) is 6.04 Å². The zero-order valence-corrected chi connectivity index (χ0v) is 4.88. The molecule has 2 nitrogen and oxygen atoms in total. The van der Waals surface area contributed by atoms with Crippen LogP contribution in [-0.4, -0.2) is 22.9 Å². The molecule has 0 spiro atoms. The predicted octanol–water partition coefficient (Wildman–Crippen LogP) is 0.860. The Morgan fingerprint density at radius 1 is 1.38 bits per heavy atom. The Hall–Kier alpha value is -0.0800. The normalized spacial score (nSPS) is 46.1. The van der Waals surface area contributed by atoms with Crippen molar-refractivity contribution in [1.29, 1.82) is 0 Å². The van der Waals surface area contributed by atoms with Crippen LogP contribution in [0.15, 0.2) is 0 Å². The van der Waals surface area contributed by atoms with Crippen LogP contribution in [0.3, 0.4) is 0 Å². The molecule has 2 unspecified atom stereocenters. The van der Waals surface area contributed by atoms with E-state index in [4.69, 9.17) is 5.21 Å².